The molecule has 0 saturated carbocycles. The van der Waals surface area contributed by atoms with Crippen molar-refractivity contribution in [2.24, 2.45) is 11.8 Å². The molecule has 4 nitrogen and oxygen atoms in total. The van der Waals surface area contributed by atoms with Gasteiger partial charge < -0.3 is 10.6 Å². The van der Waals surface area contributed by atoms with Gasteiger partial charge in [-0.2, -0.15) is 13.2 Å². The van der Waals surface area contributed by atoms with Crippen molar-refractivity contribution in [1.82, 2.24) is 9.88 Å². The molecule has 160 valence electrons. The topological polar surface area (TPSA) is 45.4 Å². The number of alkyl halides is 3. The third kappa shape index (κ3) is 2.67. The van der Waals surface area contributed by atoms with Gasteiger partial charge in [-0.1, -0.05) is 0 Å². The van der Waals surface area contributed by atoms with E-state index in [1.807, 2.05) is 0 Å². The Kier molecular flexibility index (Phi) is 4.05. The van der Waals surface area contributed by atoms with Crippen LogP contribution in [0.4, 0.5) is 24.7 Å². The molecule has 4 aliphatic heterocycles. The van der Waals surface area contributed by atoms with Gasteiger partial charge in [0.1, 0.15) is 5.82 Å². The van der Waals surface area contributed by atoms with E-state index in [-0.39, 0.29) is 0 Å². The first-order valence-electron chi connectivity index (χ1n) is 11.2. The maximum Gasteiger partial charge on any atom is 0.416 e. The summed E-state index contributed by atoms with van der Waals surface area (Å²) >= 11 is 0. The number of halogens is 3. The second-order valence-electron chi connectivity index (χ2n) is 9.55. The van der Waals surface area contributed by atoms with E-state index in [2.05, 4.69) is 9.80 Å². The van der Waals surface area contributed by atoms with E-state index in [0.29, 0.717) is 40.5 Å². The first-order valence-corrected chi connectivity index (χ1v) is 11.2. The summed E-state index contributed by atoms with van der Waals surface area (Å²) in [5.41, 5.74) is 7.79. The van der Waals surface area contributed by atoms with Gasteiger partial charge in [-0.05, 0) is 81.6 Å². The van der Waals surface area contributed by atoms with Crippen molar-refractivity contribution in [1.29, 1.82) is 0 Å². The van der Waals surface area contributed by atoms with Crippen molar-refractivity contribution in [3.63, 3.8) is 0 Å². The van der Waals surface area contributed by atoms with E-state index in [1.165, 1.54) is 44.8 Å². The number of hydrogen-bond donors (Lipinski definition) is 1. The number of rotatable bonds is 0. The van der Waals surface area contributed by atoms with Crippen LogP contribution in [0.15, 0.2) is 18.2 Å². The molecule has 3 fully saturated rings. The molecule has 0 spiro atoms. The van der Waals surface area contributed by atoms with E-state index < -0.39 is 11.7 Å². The molecule has 1 aromatic carbocycles. The average molecular weight is 416 g/mol. The first kappa shape index (κ1) is 18.7. The van der Waals surface area contributed by atoms with E-state index in [9.17, 15) is 13.2 Å². The molecule has 4 aliphatic rings. The van der Waals surface area contributed by atoms with Crippen LogP contribution < -0.4 is 10.6 Å². The molecule has 2 aromatic rings. The average Bonchev–Trinajstić information content (AvgIpc) is 2.73. The SMILES string of the molecule is Nc1c2c(nc3ccc(C(F)(F)F)cc13)N1C[C@H]3CCCN4CCC[C@@H]([C@H]34)[C@H]1CC2. The van der Waals surface area contributed by atoms with Crippen LogP contribution in [0, 0.1) is 11.8 Å². The van der Waals surface area contributed by atoms with Crippen LogP contribution in [0.5, 0.6) is 0 Å². The summed E-state index contributed by atoms with van der Waals surface area (Å²) < 4.78 is 39.6. The Balaban J connectivity index is 1.44. The molecule has 0 aliphatic carbocycles. The lowest BCUT2D eigenvalue weighted by molar-refractivity contribution is -0.137. The van der Waals surface area contributed by atoms with Gasteiger partial charge >= 0.3 is 6.18 Å². The van der Waals surface area contributed by atoms with Gasteiger partial charge in [0.2, 0.25) is 0 Å². The fourth-order valence-electron chi connectivity index (χ4n) is 6.87. The summed E-state index contributed by atoms with van der Waals surface area (Å²) in [4.78, 5) is 10.1. The molecular formula is C23H27F3N4. The molecule has 0 unspecified atom stereocenters. The molecule has 5 heterocycles. The summed E-state index contributed by atoms with van der Waals surface area (Å²) in [6.07, 6.45) is 2.49. The molecule has 2 N–H and O–H groups in total. The van der Waals surface area contributed by atoms with Crippen LogP contribution in [-0.4, -0.2) is 41.6 Å². The van der Waals surface area contributed by atoms with Crippen LogP contribution in [0.1, 0.15) is 43.2 Å². The lowest BCUT2D eigenvalue weighted by Crippen LogP contribution is -2.65. The normalized spacial score (nSPS) is 31.2. The fraction of sp³-hybridized carbons (Fsp3) is 0.609. The van der Waals surface area contributed by atoms with Gasteiger partial charge in [-0.3, -0.25) is 4.90 Å². The second-order valence-corrected chi connectivity index (χ2v) is 9.55. The Morgan fingerprint density at radius 1 is 1.07 bits per heavy atom. The molecule has 7 heteroatoms. The second kappa shape index (κ2) is 6.49. The largest absolute Gasteiger partial charge is 0.416 e. The monoisotopic (exact) mass is 416 g/mol. The number of nitrogen functional groups attached to an aromatic ring is 1. The van der Waals surface area contributed by atoms with E-state index >= 15 is 0 Å². The molecule has 30 heavy (non-hydrogen) atoms. The maximum atomic E-state index is 13.2. The van der Waals surface area contributed by atoms with Gasteiger partial charge in [0.15, 0.2) is 0 Å². The summed E-state index contributed by atoms with van der Waals surface area (Å²) in [7, 11) is 0. The maximum absolute atomic E-state index is 13.2. The zero-order valence-corrected chi connectivity index (χ0v) is 17.0. The van der Waals surface area contributed by atoms with Gasteiger partial charge in [-0.25, -0.2) is 4.98 Å². The first-order chi connectivity index (χ1) is 14.4. The molecule has 0 bridgehead atoms. The van der Waals surface area contributed by atoms with Crippen LogP contribution in [-0.2, 0) is 12.6 Å². The molecule has 3 saturated heterocycles. The summed E-state index contributed by atoms with van der Waals surface area (Å²) in [5.74, 6) is 2.24. The summed E-state index contributed by atoms with van der Waals surface area (Å²) in [6, 6.07) is 4.93. The van der Waals surface area contributed by atoms with Crippen LogP contribution in [0.25, 0.3) is 10.9 Å². The highest BCUT2D eigenvalue weighted by Gasteiger charge is 2.50. The Hall–Kier alpha value is -2.02. The highest BCUT2D eigenvalue weighted by atomic mass is 19.4. The zero-order valence-electron chi connectivity index (χ0n) is 17.0. The summed E-state index contributed by atoms with van der Waals surface area (Å²) in [6.45, 7) is 3.46. The number of hydrogen-bond acceptors (Lipinski definition) is 4. The number of aromatic nitrogens is 1. The van der Waals surface area contributed by atoms with Crippen LogP contribution >= 0.6 is 0 Å². The smallest absolute Gasteiger partial charge is 0.398 e. The lowest BCUT2D eigenvalue weighted by Gasteiger charge is -2.59. The standard InChI is InChI=1S/C23H27F3N4/c24-23(25,26)14-5-7-18-17(11-14)20(27)16-6-8-19-15-4-2-10-29-9-1-3-13(21(15)29)12-30(19)22(16)28-18/h5,7,11,13,15,19,21H,1-4,6,8-10,12H2,(H2,27,28)/t13-,15-,19-,21+/m1/s1. The Morgan fingerprint density at radius 2 is 1.87 bits per heavy atom. The predicted molar refractivity (Wildman–Crippen MR) is 111 cm³/mol. The molecule has 0 amide bonds. The Bertz CT molecular complexity index is 1000. The highest BCUT2D eigenvalue weighted by Crippen LogP contribution is 2.48. The van der Waals surface area contributed by atoms with Gasteiger partial charge in [-0.15, -0.1) is 0 Å². The van der Waals surface area contributed by atoms with Crippen LogP contribution in [0.2, 0.25) is 0 Å². The highest BCUT2D eigenvalue weighted by molar-refractivity contribution is 5.95. The predicted octanol–water partition coefficient (Wildman–Crippen LogP) is 4.46. The minimum Gasteiger partial charge on any atom is -0.398 e. The molecule has 0 radical (unpaired) electrons. The van der Waals surface area contributed by atoms with Crippen molar-refractivity contribution in [3.8, 4) is 0 Å². The van der Waals surface area contributed by atoms with E-state index in [1.54, 1.807) is 0 Å². The Labute approximate surface area is 174 Å². The van der Waals surface area contributed by atoms with Crippen LogP contribution in [0.3, 0.4) is 0 Å². The van der Waals surface area contributed by atoms with Crippen molar-refractivity contribution in [2.75, 3.05) is 30.3 Å². The van der Waals surface area contributed by atoms with Gasteiger partial charge in [0.25, 0.3) is 0 Å². The number of pyridine rings is 1. The van der Waals surface area contributed by atoms with Crippen molar-refractivity contribution in [2.45, 2.75) is 56.8 Å². The Morgan fingerprint density at radius 3 is 2.67 bits per heavy atom. The number of piperidine rings is 3. The zero-order chi connectivity index (χ0) is 20.6. The lowest BCUT2D eigenvalue weighted by atomic mass is 9.68. The third-order valence-electron chi connectivity index (χ3n) is 8.07. The van der Waals surface area contributed by atoms with Gasteiger partial charge in [0.05, 0.1) is 11.1 Å². The minimum absolute atomic E-state index is 0.429. The quantitative estimate of drug-likeness (QED) is 0.689. The molecular weight excluding hydrogens is 389 g/mol. The number of fused-ring (bicyclic) bond motifs is 5. The minimum atomic E-state index is -4.38. The third-order valence-corrected chi connectivity index (χ3v) is 8.07. The molecule has 4 atom stereocenters. The molecule has 1 aromatic heterocycles. The number of nitrogens with two attached hydrogens (primary N) is 1. The molecule has 6 rings (SSSR count). The van der Waals surface area contributed by atoms with Gasteiger partial charge in [0, 0.05) is 35.3 Å². The van der Waals surface area contributed by atoms with Crippen molar-refractivity contribution >= 4 is 22.4 Å². The van der Waals surface area contributed by atoms with Crippen molar-refractivity contribution < 1.29 is 13.2 Å². The summed E-state index contributed by atoms with van der Waals surface area (Å²) in [5, 5.41) is 0.429. The number of benzene rings is 1. The fourth-order valence-corrected chi connectivity index (χ4v) is 6.87. The van der Waals surface area contributed by atoms with E-state index in [4.69, 9.17) is 10.7 Å². The number of nitrogens with zero attached hydrogens (tertiary/aromatic N) is 3. The van der Waals surface area contributed by atoms with E-state index in [0.717, 1.165) is 42.9 Å². The van der Waals surface area contributed by atoms with Crippen molar-refractivity contribution in [3.05, 3.63) is 29.3 Å². The number of anilines is 2.